The van der Waals surface area contributed by atoms with E-state index in [1.807, 2.05) is 36.4 Å². The lowest BCUT2D eigenvalue weighted by molar-refractivity contribution is 0.405. The molecule has 0 amide bonds. The first-order valence-electron chi connectivity index (χ1n) is 9.29. The molecule has 140 valence electrons. The number of anilines is 3. The lowest BCUT2D eigenvalue weighted by atomic mass is 10.2. The molecule has 6 heteroatoms. The van der Waals surface area contributed by atoms with Gasteiger partial charge in [-0.05, 0) is 37.1 Å². The molecule has 0 bridgehead atoms. The molecule has 2 aromatic carbocycles. The lowest BCUT2D eigenvalue weighted by Crippen LogP contribution is -2.16. The predicted octanol–water partition coefficient (Wildman–Crippen LogP) is 4.75. The smallest absolute Gasteiger partial charge is 0.229 e. The fourth-order valence-corrected chi connectivity index (χ4v) is 3.54. The Morgan fingerprint density at radius 3 is 2.56 bits per heavy atom. The highest BCUT2D eigenvalue weighted by molar-refractivity contribution is 5.90. The van der Waals surface area contributed by atoms with E-state index in [0.717, 1.165) is 28.2 Å². The average molecular weight is 364 g/mol. The van der Waals surface area contributed by atoms with Gasteiger partial charge in [-0.3, -0.25) is 0 Å². The number of aromatic nitrogens is 2. The van der Waals surface area contributed by atoms with Gasteiger partial charge in [-0.2, -0.15) is 4.98 Å². The van der Waals surface area contributed by atoms with E-state index in [1.54, 1.807) is 14.2 Å². The number of fused-ring (bicyclic) bond motifs is 1. The number of methoxy groups -OCH3 is 2. The van der Waals surface area contributed by atoms with E-state index in [4.69, 9.17) is 14.5 Å². The van der Waals surface area contributed by atoms with Crippen LogP contribution in [-0.2, 0) is 0 Å². The maximum atomic E-state index is 5.45. The van der Waals surface area contributed by atoms with Crippen LogP contribution in [0.5, 0.6) is 11.5 Å². The molecule has 2 N–H and O–H groups in total. The first kappa shape index (κ1) is 17.4. The number of nitrogens with one attached hydrogen (secondary N) is 2. The SMILES string of the molecule is COc1ccc(OC)c(Nc2nc(NC3CCCC3)c3ccccc3n2)c1. The Kier molecular flexibility index (Phi) is 4.96. The summed E-state index contributed by atoms with van der Waals surface area (Å²) in [6.07, 6.45) is 4.91. The van der Waals surface area contributed by atoms with E-state index in [9.17, 15) is 0 Å². The summed E-state index contributed by atoms with van der Waals surface area (Å²) in [5.41, 5.74) is 1.66. The highest BCUT2D eigenvalue weighted by atomic mass is 16.5. The van der Waals surface area contributed by atoms with Crippen LogP contribution in [0.4, 0.5) is 17.5 Å². The Bertz CT molecular complexity index is 939. The molecule has 0 spiro atoms. The van der Waals surface area contributed by atoms with E-state index < -0.39 is 0 Å². The Morgan fingerprint density at radius 1 is 0.963 bits per heavy atom. The van der Waals surface area contributed by atoms with Gasteiger partial charge in [0.25, 0.3) is 0 Å². The molecule has 0 atom stereocenters. The van der Waals surface area contributed by atoms with Crippen LogP contribution in [0, 0.1) is 0 Å². The zero-order valence-electron chi connectivity index (χ0n) is 15.7. The zero-order valence-corrected chi connectivity index (χ0v) is 15.7. The van der Waals surface area contributed by atoms with Crippen LogP contribution >= 0.6 is 0 Å². The van der Waals surface area contributed by atoms with Crippen molar-refractivity contribution in [1.82, 2.24) is 9.97 Å². The lowest BCUT2D eigenvalue weighted by Gasteiger charge is -2.17. The van der Waals surface area contributed by atoms with Crippen molar-refractivity contribution in [3.8, 4) is 11.5 Å². The molecule has 0 unspecified atom stereocenters. The quantitative estimate of drug-likeness (QED) is 0.658. The van der Waals surface area contributed by atoms with Crippen molar-refractivity contribution in [3.05, 3.63) is 42.5 Å². The molecule has 6 nitrogen and oxygen atoms in total. The molecule has 27 heavy (non-hydrogen) atoms. The van der Waals surface area contributed by atoms with E-state index >= 15 is 0 Å². The minimum atomic E-state index is 0.475. The van der Waals surface area contributed by atoms with Crippen molar-refractivity contribution in [2.75, 3.05) is 24.9 Å². The Morgan fingerprint density at radius 2 is 1.78 bits per heavy atom. The number of hydrogen-bond donors (Lipinski definition) is 2. The van der Waals surface area contributed by atoms with E-state index in [0.29, 0.717) is 17.7 Å². The predicted molar refractivity (Wildman–Crippen MR) is 108 cm³/mol. The summed E-state index contributed by atoms with van der Waals surface area (Å²) >= 11 is 0. The van der Waals surface area contributed by atoms with Crippen molar-refractivity contribution in [1.29, 1.82) is 0 Å². The summed E-state index contributed by atoms with van der Waals surface area (Å²) in [6.45, 7) is 0. The highest BCUT2D eigenvalue weighted by Crippen LogP contribution is 2.32. The molecule has 0 radical (unpaired) electrons. The van der Waals surface area contributed by atoms with Crippen LogP contribution in [-0.4, -0.2) is 30.2 Å². The number of ether oxygens (including phenoxy) is 2. The third kappa shape index (κ3) is 3.74. The van der Waals surface area contributed by atoms with E-state index in [2.05, 4.69) is 21.7 Å². The van der Waals surface area contributed by atoms with E-state index in [-0.39, 0.29) is 0 Å². The van der Waals surface area contributed by atoms with Gasteiger partial charge in [-0.15, -0.1) is 0 Å². The van der Waals surface area contributed by atoms with Crippen molar-refractivity contribution >= 4 is 28.4 Å². The highest BCUT2D eigenvalue weighted by Gasteiger charge is 2.17. The molecule has 0 aliphatic heterocycles. The first-order chi connectivity index (χ1) is 13.3. The van der Waals surface area contributed by atoms with Crippen molar-refractivity contribution < 1.29 is 9.47 Å². The van der Waals surface area contributed by atoms with Crippen LogP contribution < -0.4 is 20.1 Å². The second kappa shape index (κ2) is 7.70. The Hall–Kier alpha value is -3.02. The van der Waals surface area contributed by atoms with Crippen LogP contribution in [0.25, 0.3) is 10.9 Å². The number of rotatable bonds is 6. The standard InChI is InChI=1S/C21H24N4O2/c1-26-15-11-12-19(27-2)18(13-15)24-21-23-17-10-6-5-9-16(17)20(25-21)22-14-7-3-4-8-14/h5-6,9-14H,3-4,7-8H2,1-2H3,(H2,22,23,24,25). The molecule has 1 heterocycles. The number of benzene rings is 2. The Labute approximate surface area is 158 Å². The fraction of sp³-hybridized carbons (Fsp3) is 0.333. The fourth-order valence-electron chi connectivity index (χ4n) is 3.54. The third-order valence-corrected chi connectivity index (χ3v) is 4.95. The summed E-state index contributed by atoms with van der Waals surface area (Å²) < 4.78 is 10.8. The zero-order chi connectivity index (χ0) is 18.6. The van der Waals surface area contributed by atoms with Gasteiger partial charge in [-0.1, -0.05) is 25.0 Å². The van der Waals surface area contributed by atoms with Gasteiger partial charge in [0.1, 0.15) is 17.3 Å². The van der Waals surface area contributed by atoms with Gasteiger partial charge < -0.3 is 20.1 Å². The minimum absolute atomic E-state index is 0.475. The maximum Gasteiger partial charge on any atom is 0.229 e. The van der Waals surface area contributed by atoms with Gasteiger partial charge >= 0.3 is 0 Å². The number of nitrogens with zero attached hydrogens (tertiary/aromatic N) is 2. The number of hydrogen-bond acceptors (Lipinski definition) is 6. The average Bonchev–Trinajstić information content (AvgIpc) is 3.21. The Balaban J connectivity index is 1.71. The minimum Gasteiger partial charge on any atom is -0.497 e. The molecule has 0 saturated heterocycles. The first-order valence-corrected chi connectivity index (χ1v) is 9.29. The van der Waals surface area contributed by atoms with Crippen LogP contribution in [0.1, 0.15) is 25.7 Å². The van der Waals surface area contributed by atoms with Gasteiger partial charge in [0.2, 0.25) is 5.95 Å². The van der Waals surface area contributed by atoms with Gasteiger partial charge in [0, 0.05) is 17.5 Å². The maximum absolute atomic E-state index is 5.45. The largest absolute Gasteiger partial charge is 0.497 e. The summed E-state index contributed by atoms with van der Waals surface area (Å²) in [5.74, 6) is 2.85. The molecule has 1 aliphatic rings. The van der Waals surface area contributed by atoms with Gasteiger partial charge in [0.15, 0.2) is 0 Å². The molecule has 4 rings (SSSR count). The third-order valence-electron chi connectivity index (χ3n) is 4.95. The van der Waals surface area contributed by atoms with Crippen LogP contribution in [0.15, 0.2) is 42.5 Å². The number of para-hydroxylation sites is 1. The second-order valence-corrected chi connectivity index (χ2v) is 6.73. The molecular weight excluding hydrogens is 340 g/mol. The second-order valence-electron chi connectivity index (χ2n) is 6.73. The van der Waals surface area contributed by atoms with Crippen LogP contribution in [0.2, 0.25) is 0 Å². The molecule has 1 saturated carbocycles. The monoisotopic (exact) mass is 364 g/mol. The summed E-state index contributed by atoms with van der Waals surface area (Å²) in [6, 6.07) is 14.1. The molecule has 1 aliphatic carbocycles. The summed E-state index contributed by atoms with van der Waals surface area (Å²) in [7, 11) is 3.28. The van der Waals surface area contributed by atoms with Gasteiger partial charge in [-0.25, -0.2) is 4.98 Å². The molecule has 1 fully saturated rings. The molecule has 3 aromatic rings. The van der Waals surface area contributed by atoms with Crippen molar-refractivity contribution in [2.24, 2.45) is 0 Å². The van der Waals surface area contributed by atoms with Crippen molar-refractivity contribution in [2.45, 2.75) is 31.7 Å². The van der Waals surface area contributed by atoms with Gasteiger partial charge in [0.05, 0.1) is 25.4 Å². The topological polar surface area (TPSA) is 68.3 Å². The summed E-state index contributed by atoms with van der Waals surface area (Å²) in [5, 5.41) is 7.94. The molecule has 1 aromatic heterocycles. The van der Waals surface area contributed by atoms with Crippen molar-refractivity contribution in [3.63, 3.8) is 0 Å². The van der Waals surface area contributed by atoms with E-state index in [1.165, 1.54) is 25.7 Å². The molecular formula is C21H24N4O2. The summed E-state index contributed by atoms with van der Waals surface area (Å²) in [4.78, 5) is 9.44. The normalized spacial score (nSPS) is 14.3. The van der Waals surface area contributed by atoms with Crippen LogP contribution in [0.3, 0.4) is 0 Å².